The van der Waals surface area contributed by atoms with Crippen LogP contribution < -0.4 is 4.90 Å². The normalized spacial score (nSPS) is 13.2. The molecule has 190 valence electrons. The van der Waals surface area contributed by atoms with Crippen LogP contribution >= 0.6 is 0 Å². The SMILES string of the molecule is C=O.c1ccc(-n2c3ccccc3c3cc4c(cc32)-c2nc3ccccc3n2C2=Nc3ccccc3CN24)cc1. The van der Waals surface area contributed by atoms with Crippen LogP contribution in [-0.2, 0) is 11.3 Å². The van der Waals surface area contributed by atoms with Gasteiger partial charge >= 0.3 is 0 Å². The van der Waals surface area contributed by atoms with Gasteiger partial charge < -0.3 is 14.3 Å². The third-order valence-electron chi connectivity index (χ3n) is 7.88. The Balaban J connectivity index is 0.00000120. The molecule has 0 amide bonds. The highest BCUT2D eigenvalue weighted by Gasteiger charge is 2.34. The first-order chi connectivity index (χ1) is 19.8. The average Bonchev–Trinajstić information content (AvgIpc) is 3.57. The Morgan fingerprint density at radius 3 is 2.25 bits per heavy atom. The molecule has 2 aliphatic rings. The van der Waals surface area contributed by atoms with Gasteiger partial charge in [0, 0.05) is 22.0 Å². The summed E-state index contributed by atoms with van der Waals surface area (Å²) in [5, 5.41) is 2.47. The molecule has 0 saturated carbocycles. The van der Waals surface area contributed by atoms with Crippen LogP contribution in [0.1, 0.15) is 5.56 Å². The molecule has 0 saturated heterocycles. The summed E-state index contributed by atoms with van der Waals surface area (Å²) < 4.78 is 4.60. The zero-order chi connectivity index (χ0) is 26.8. The smallest absolute Gasteiger partial charge is 0.217 e. The fraction of sp³-hybridized carbons (Fsp3) is 0.0294. The topological polar surface area (TPSA) is 55.4 Å². The van der Waals surface area contributed by atoms with Gasteiger partial charge in [0.2, 0.25) is 5.96 Å². The van der Waals surface area contributed by atoms with Gasteiger partial charge in [0.05, 0.1) is 40.0 Å². The third kappa shape index (κ3) is 3.01. The maximum absolute atomic E-state index is 8.00. The lowest BCUT2D eigenvalue weighted by Crippen LogP contribution is -2.40. The van der Waals surface area contributed by atoms with Gasteiger partial charge in [-0.3, -0.25) is 4.57 Å². The van der Waals surface area contributed by atoms with Gasteiger partial charge in [0.1, 0.15) is 12.6 Å². The average molecular weight is 518 g/mol. The van der Waals surface area contributed by atoms with Crippen LogP contribution in [0.5, 0.6) is 0 Å². The molecule has 5 aromatic carbocycles. The fourth-order valence-electron chi connectivity index (χ4n) is 6.20. The molecule has 6 nitrogen and oxygen atoms in total. The number of hydrogen-bond donors (Lipinski definition) is 0. The number of carbonyl (C=O) groups is 1. The highest BCUT2D eigenvalue weighted by molar-refractivity contribution is 6.17. The summed E-state index contributed by atoms with van der Waals surface area (Å²) >= 11 is 0. The lowest BCUT2D eigenvalue weighted by molar-refractivity contribution is -0.0979. The summed E-state index contributed by atoms with van der Waals surface area (Å²) in [5.41, 5.74) is 10.1. The molecule has 40 heavy (non-hydrogen) atoms. The monoisotopic (exact) mass is 517 g/mol. The minimum absolute atomic E-state index is 0.761. The Labute approximate surface area is 230 Å². The molecule has 6 heteroatoms. The van der Waals surface area contributed by atoms with Crippen LogP contribution in [0, 0.1) is 0 Å². The molecule has 0 fully saturated rings. The van der Waals surface area contributed by atoms with Gasteiger partial charge in [-0.2, -0.15) is 0 Å². The molecule has 2 aromatic heterocycles. The second-order valence-corrected chi connectivity index (χ2v) is 9.96. The zero-order valence-electron chi connectivity index (χ0n) is 21.5. The van der Waals surface area contributed by atoms with E-state index in [-0.39, 0.29) is 0 Å². The second-order valence-electron chi connectivity index (χ2n) is 9.96. The van der Waals surface area contributed by atoms with Crippen molar-refractivity contribution in [1.82, 2.24) is 14.1 Å². The number of fused-ring (bicyclic) bond motifs is 12. The van der Waals surface area contributed by atoms with Crippen LogP contribution in [0.15, 0.2) is 120 Å². The minimum atomic E-state index is 0.761. The van der Waals surface area contributed by atoms with E-state index in [4.69, 9.17) is 14.8 Å². The molecule has 7 aromatic rings. The number of benzene rings is 5. The summed E-state index contributed by atoms with van der Waals surface area (Å²) in [5.74, 6) is 1.84. The molecular formula is C34H23N5O. The number of aromatic nitrogens is 3. The fourth-order valence-corrected chi connectivity index (χ4v) is 6.20. The standard InChI is InChI=1S/C33H21N5.CH2O/c1-2-11-22(12-3-1)37-28-16-8-5-13-23(28)24-18-30-25(19-31(24)37)32-34-27-15-7-9-17-29(27)38(32)33-35-26-14-6-4-10-21(26)20-36(30)33;1-2/h1-19H,20H2;1H2. The summed E-state index contributed by atoms with van der Waals surface area (Å²) in [6.07, 6.45) is 0. The summed E-state index contributed by atoms with van der Waals surface area (Å²) in [6.45, 7) is 2.76. The molecule has 0 radical (unpaired) electrons. The van der Waals surface area contributed by atoms with Crippen LogP contribution in [0.3, 0.4) is 0 Å². The van der Waals surface area contributed by atoms with Crippen molar-refractivity contribution in [2.45, 2.75) is 6.54 Å². The number of hydrogen-bond acceptors (Lipinski definition) is 4. The van der Waals surface area contributed by atoms with E-state index in [1.165, 1.54) is 27.4 Å². The third-order valence-corrected chi connectivity index (χ3v) is 7.88. The molecule has 0 atom stereocenters. The Morgan fingerprint density at radius 1 is 0.650 bits per heavy atom. The number of imidazole rings is 1. The molecule has 0 aliphatic carbocycles. The van der Waals surface area contributed by atoms with Crippen molar-refractivity contribution < 1.29 is 4.79 Å². The Bertz CT molecular complexity index is 2140. The van der Waals surface area contributed by atoms with E-state index in [1.54, 1.807) is 0 Å². The largest absolute Gasteiger partial charge is 0.309 e. The molecule has 0 spiro atoms. The van der Waals surface area contributed by atoms with E-state index < -0.39 is 0 Å². The van der Waals surface area contributed by atoms with Gasteiger partial charge in [-0.05, 0) is 54.1 Å². The van der Waals surface area contributed by atoms with Crippen LogP contribution in [-0.4, -0.2) is 26.9 Å². The Hall–Kier alpha value is -5.49. The van der Waals surface area contributed by atoms with E-state index in [0.29, 0.717) is 0 Å². The molecule has 0 unspecified atom stereocenters. The second kappa shape index (κ2) is 8.51. The zero-order valence-corrected chi connectivity index (χ0v) is 21.5. The Morgan fingerprint density at radius 2 is 1.38 bits per heavy atom. The molecule has 2 aliphatic heterocycles. The number of rotatable bonds is 1. The lowest BCUT2D eigenvalue weighted by Gasteiger charge is -2.36. The summed E-state index contributed by atoms with van der Waals surface area (Å²) in [6, 6.07) is 40.7. The van der Waals surface area contributed by atoms with E-state index in [0.717, 1.165) is 52.0 Å². The molecule has 0 N–H and O–H groups in total. The molecule has 4 heterocycles. The number of carbonyl (C=O) groups excluding carboxylic acids is 1. The quantitative estimate of drug-likeness (QED) is 0.227. The highest BCUT2D eigenvalue weighted by atomic mass is 16.1. The van der Waals surface area contributed by atoms with Crippen molar-refractivity contribution >= 4 is 57.0 Å². The number of para-hydroxylation sites is 5. The van der Waals surface area contributed by atoms with Crippen molar-refractivity contribution in [2.75, 3.05) is 4.90 Å². The van der Waals surface area contributed by atoms with Crippen molar-refractivity contribution in [3.05, 3.63) is 121 Å². The van der Waals surface area contributed by atoms with Gasteiger partial charge in [0.15, 0.2) is 0 Å². The maximum Gasteiger partial charge on any atom is 0.217 e. The van der Waals surface area contributed by atoms with Crippen LogP contribution in [0.2, 0.25) is 0 Å². The number of nitrogens with zero attached hydrogens (tertiary/aromatic N) is 5. The van der Waals surface area contributed by atoms with Crippen molar-refractivity contribution in [2.24, 2.45) is 4.99 Å². The first-order valence-corrected chi connectivity index (χ1v) is 13.2. The van der Waals surface area contributed by atoms with Gasteiger partial charge in [-0.25, -0.2) is 9.98 Å². The van der Waals surface area contributed by atoms with Gasteiger partial charge in [-0.1, -0.05) is 66.7 Å². The van der Waals surface area contributed by atoms with Crippen LogP contribution in [0.25, 0.3) is 49.9 Å². The number of aliphatic imine (C=N–C) groups is 1. The van der Waals surface area contributed by atoms with Crippen molar-refractivity contribution in [1.29, 1.82) is 0 Å². The molecule has 9 rings (SSSR count). The molecular weight excluding hydrogens is 494 g/mol. The molecule has 0 bridgehead atoms. The first kappa shape index (κ1) is 22.5. The number of anilines is 1. The lowest BCUT2D eigenvalue weighted by atomic mass is 10.0. The first-order valence-electron chi connectivity index (χ1n) is 13.2. The Kier molecular flexibility index (Phi) is 4.79. The maximum atomic E-state index is 8.00. The predicted octanol–water partition coefficient (Wildman–Crippen LogP) is 7.48. The summed E-state index contributed by atoms with van der Waals surface area (Å²) in [4.78, 5) is 20.7. The van der Waals surface area contributed by atoms with E-state index in [1.807, 2.05) is 6.79 Å². The van der Waals surface area contributed by atoms with Gasteiger partial charge in [0.25, 0.3) is 0 Å². The van der Waals surface area contributed by atoms with Gasteiger partial charge in [-0.15, -0.1) is 0 Å². The highest BCUT2D eigenvalue weighted by Crippen LogP contribution is 2.45. The van der Waals surface area contributed by atoms with Crippen LogP contribution in [0.4, 0.5) is 11.4 Å². The van der Waals surface area contributed by atoms with Crippen molar-refractivity contribution in [3.63, 3.8) is 0 Å². The van der Waals surface area contributed by atoms with E-state index >= 15 is 0 Å². The summed E-state index contributed by atoms with van der Waals surface area (Å²) in [7, 11) is 0. The predicted molar refractivity (Wildman–Crippen MR) is 162 cm³/mol. The van der Waals surface area contributed by atoms with E-state index in [9.17, 15) is 0 Å². The van der Waals surface area contributed by atoms with E-state index in [2.05, 4.69) is 129 Å². The minimum Gasteiger partial charge on any atom is -0.309 e. The van der Waals surface area contributed by atoms with Crippen molar-refractivity contribution in [3.8, 4) is 17.1 Å².